The fraction of sp³-hybridized carbons (Fsp3) is 0.0588. The first-order valence-electron chi connectivity index (χ1n) is 8.55. The van der Waals surface area contributed by atoms with Crippen LogP contribution in [0.15, 0.2) is 42.6 Å². The minimum absolute atomic E-state index is 0.0177. The summed E-state index contributed by atoms with van der Waals surface area (Å²) in [5, 5.41) is 26.3. The molecule has 0 amide bonds. The second kappa shape index (κ2) is 6.65. The van der Waals surface area contributed by atoms with Crippen LogP contribution in [0.1, 0.15) is 5.56 Å². The van der Waals surface area contributed by atoms with Crippen LogP contribution in [-0.2, 0) is 6.18 Å². The van der Waals surface area contributed by atoms with Crippen molar-refractivity contribution in [3.63, 3.8) is 0 Å². The Morgan fingerprint density at radius 1 is 0.733 bits per heavy atom. The summed E-state index contributed by atoms with van der Waals surface area (Å²) in [6.45, 7) is 0. The van der Waals surface area contributed by atoms with Crippen LogP contribution in [0.25, 0.3) is 22.1 Å². The number of nitrogens with one attached hydrogen (secondary N) is 4. The lowest BCUT2D eigenvalue weighted by molar-refractivity contribution is -0.137. The van der Waals surface area contributed by atoms with Crippen molar-refractivity contribution in [1.82, 2.24) is 40.8 Å². The van der Waals surface area contributed by atoms with Gasteiger partial charge in [-0.3, -0.25) is 0 Å². The molecule has 0 atom stereocenters. The number of hydrogen-bond donors (Lipinski definition) is 4. The highest BCUT2D eigenvalue weighted by Gasteiger charge is 2.35. The van der Waals surface area contributed by atoms with E-state index in [9.17, 15) is 13.2 Å². The molecule has 150 valence electrons. The van der Waals surface area contributed by atoms with Gasteiger partial charge in [0.1, 0.15) is 33.4 Å². The molecule has 30 heavy (non-hydrogen) atoms. The molecule has 0 saturated carbocycles. The van der Waals surface area contributed by atoms with Crippen LogP contribution in [0, 0.1) is 0 Å². The van der Waals surface area contributed by atoms with E-state index < -0.39 is 17.6 Å². The normalized spacial score (nSPS) is 11.8. The Labute approximate surface area is 164 Å². The van der Waals surface area contributed by atoms with Gasteiger partial charge in [0, 0.05) is 17.6 Å². The summed E-state index contributed by atoms with van der Waals surface area (Å²) >= 11 is 0. The summed E-state index contributed by atoms with van der Waals surface area (Å²) in [6.07, 6.45) is -3.92. The van der Waals surface area contributed by atoms with Crippen molar-refractivity contribution in [3.05, 3.63) is 48.2 Å². The van der Waals surface area contributed by atoms with E-state index in [-0.39, 0.29) is 5.95 Å². The van der Waals surface area contributed by atoms with Gasteiger partial charge in [-0.15, -0.1) is 0 Å². The quantitative estimate of drug-likeness (QED) is 0.352. The van der Waals surface area contributed by atoms with E-state index in [0.717, 1.165) is 6.20 Å². The molecule has 5 rings (SSSR count). The van der Waals surface area contributed by atoms with E-state index in [1.807, 2.05) is 0 Å². The van der Waals surface area contributed by atoms with E-state index in [4.69, 9.17) is 0 Å². The number of aromatic amines is 2. The molecule has 3 aromatic heterocycles. The Balaban J connectivity index is 1.50. The number of hydrogen-bond acceptors (Lipinski definition) is 8. The van der Waals surface area contributed by atoms with Crippen LogP contribution in [0.5, 0.6) is 0 Å². The van der Waals surface area contributed by atoms with Gasteiger partial charge in [-0.05, 0) is 36.4 Å². The second-order valence-corrected chi connectivity index (χ2v) is 6.26. The average molecular weight is 412 g/mol. The molecule has 0 unspecified atom stereocenters. The average Bonchev–Trinajstić information content (AvgIpc) is 3.35. The molecule has 10 nitrogen and oxygen atoms in total. The van der Waals surface area contributed by atoms with Crippen molar-refractivity contribution >= 4 is 45.2 Å². The number of aromatic nitrogens is 8. The molecule has 13 heteroatoms. The third-order valence-electron chi connectivity index (χ3n) is 4.25. The highest BCUT2D eigenvalue weighted by molar-refractivity contribution is 5.80. The molecule has 3 heterocycles. The molecule has 0 aliphatic rings. The lowest BCUT2D eigenvalue weighted by Gasteiger charge is -2.15. The van der Waals surface area contributed by atoms with Crippen LogP contribution in [0.4, 0.5) is 36.3 Å². The van der Waals surface area contributed by atoms with Crippen molar-refractivity contribution in [3.8, 4) is 0 Å². The van der Waals surface area contributed by atoms with Crippen molar-refractivity contribution in [2.24, 2.45) is 0 Å². The summed E-state index contributed by atoms with van der Waals surface area (Å²) in [4.78, 5) is 7.82. The number of halogens is 3. The van der Waals surface area contributed by atoms with Gasteiger partial charge in [0.15, 0.2) is 0 Å². The number of fused-ring (bicyclic) bond motifs is 2. The number of alkyl halides is 3. The molecule has 0 saturated heterocycles. The monoisotopic (exact) mass is 412 g/mol. The third kappa shape index (κ3) is 3.32. The fourth-order valence-corrected chi connectivity index (χ4v) is 2.85. The van der Waals surface area contributed by atoms with Gasteiger partial charge in [-0.1, -0.05) is 0 Å². The number of H-pyrrole nitrogens is 2. The lowest BCUT2D eigenvalue weighted by atomic mass is 10.2. The van der Waals surface area contributed by atoms with Gasteiger partial charge >= 0.3 is 6.18 Å². The third-order valence-corrected chi connectivity index (χ3v) is 4.25. The molecule has 4 N–H and O–H groups in total. The SMILES string of the molecule is FC(F)(F)c1cnc(Nc2ccc3n[nH]nc3c2)nc1Nc1ccc2n[nH]nc2c1. The summed E-state index contributed by atoms with van der Waals surface area (Å²) in [5.41, 5.74) is 2.25. The van der Waals surface area contributed by atoms with E-state index in [2.05, 4.69) is 51.4 Å². The molecule has 5 aromatic rings. The maximum Gasteiger partial charge on any atom is 0.421 e. The Morgan fingerprint density at radius 3 is 1.90 bits per heavy atom. The van der Waals surface area contributed by atoms with Crippen molar-refractivity contribution in [2.45, 2.75) is 6.18 Å². The van der Waals surface area contributed by atoms with Gasteiger partial charge in [0.05, 0.1) is 0 Å². The highest BCUT2D eigenvalue weighted by atomic mass is 19.4. The molecule has 0 aliphatic heterocycles. The van der Waals surface area contributed by atoms with Crippen LogP contribution in [-0.4, -0.2) is 40.8 Å². The van der Waals surface area contributed by atoms with Crippen LogP contribution in [0.3, 0.4) is 0 Å². The summed E-state index contributed by atoms with van der Waals surface area (Å²) < 4.78 is 40.4. The van der Waals surface area contributed by atoms with Gasteiger partial charge in [0.25, 0.3) is 0 Å². The van der Waals surface area contributed by atoms with Gasteiger partial charge in [0.2, 0.25) is 5.95 Å². The lowest BCUT2D eigenvalue weighted by Crippen LogP contribution is -2.12. The Bertz CT molecular complexity index is 1360. The Morgan fingerprint density at radius 2 is 1.30 bits per heavy atom. The molecular formula is C17H11F3N10. The van der Waals surface area contributed by atoms with Gasteiger partial charge in [-0.2, -0.15) is 49.0 Å². The first-order valence-corrected chi connectivity index (χ1v) is 8.55. The van der Waals surface area contributed by atoms with Crippen LogP contribution < -0.4 is 10.6 Å². The van der Waals surface area contributed by atoms with Crippen LogP contribution in [0.2, 0.25) is 0 Å². The first-order chi connectivity index (χ1) is 14.5. The summed E-state index contributed by atoms with van der Waals surface area (Å²) in [5.74, 6) is -0.416. The Kier molecular flexibility index (Phi) is 3.94. The Hall–Kier alpha value is -4.29. The summed E-state index contributed by atoms with van der Waals surface area (Å²) in [6, 6.07) is 9.84. The molecule has 0 radical (unpaired) electrons. The van der Waals surface area contributed by atoms with Crippen molar-refractivity contribution in [2.75, 3.05) is 10.6 Å². The standard InChI is InChI=1S/C17H11F3N10/c18-17(19,20)10-7-21-16(23-9-2-4-12-14(6-9)28-30-26-12)24-15(10)22-8-1-3-11-13(5-8)27-29-25-11/h1-7H,(H,25,27,29)(H,26,28,30)(H2,21,22,23,24). The second-order valence-electron chi connectivity index (χ2n) is 6.26. The van der Waals surface area contributed by atoms with Gasteiger partial charge in [-0.25, -0.2) is 4.98 Å². The van der Waals surface area contributed by atoms with E-state index >= 15 is 0 Å². The number of nitrogens with zero attached hydrogens (tertiary/aromatic N) is 6. The smallest absolute Gasteiger partial charge is 0.339 e. The topological polar surface area (TPSA) is 133 Å². The largest absolute Gasteiger partial charge is 0.421 e. The number of rotatable bonds is 4. The molecular weight excluding hydrogens is 401 g/mol. The first kappa shape index (κ1) is 17.8. The zero-order chi connectivity index (χ0) is 20.7. The maximum atomic E-state index is 13.5. The minimum atomic E-state index is -4.64. The van der Waals surface area contributed by atoms with E-state index in [1.54, 1.807) is 36.4 Å². The van der Waals surface area contributed by atoms with Crippen LogP contribution >= 0.6 is 0 Å². The molecule has 0 aliphatic carbocycles. The molecule has 0 spiro atoms. The van der Waals surface area contributed by atoms with Crippen molar-refractivity contribution in [1.29, 1.82) is 0 Å². The predicted octanol–water partition coefficient (Wildman–Crippen LogP) is 3.53. The van der Waals surface area contributed by atoms with Gasteiger partial charge < -0.3 is 10.6 Å². The number of anilines is 4. The highest BCUT2D eigenvalue weighted by Crippen LogP contribution is 2.35. The summed E-state index contributed by atoms with van der Waals surface area (Å²) in [7, 11) is 0. The number of benzene rings is 2. The zero-order valence-corrected chi connectivity index (χ0v) is 14.9. The molecule has 2 aromatic carbocycles. The fourth-order valence-electron chi connectivity index (χ4n) is 2.85. The maximum absolute atomic E-state index is 13.5. The molecule has 0 bridgehead atoms. The predicted molar refractivity (Wildman–Crippen MR) is 101 cm³/mol. The molecule has 0 fully saturated rings. The van der Waals surface area contributed by atoms with E-state index in [0.29, 0.717) is 33.4 Å². The zero-order valence-electron chi connectivity index (χ0n) is 14.9. The van der Waals surface area contributed by atoms with E-state index in [1.165, 1.54) is 0 Å². The minimum Gasteiger partial charge on any atom is -0.339 e. The van der Waals surface area contributed by atoms with Crippen molar-refractivity contribution < 1.29 is 13.2 Å².